The summed E-state index contributed by atoms with van der Waals surface area (Å²) < 4.78 is 3.80. The molecule has 2 rings (SSSR count). The van der Waals surface area contributed by atoms with E-state index in [0.29, 0.717) is 27.7 Å². The van der Waals surface area contributed by atoms with E-state index in [0.717, 1.165) is 29.3 Å². The summed E-state index contributed by atoms with van der Waals surface area (Å²) in [6.07, 6.45) is 1.60. The highest BCUT2D eigenvalue weighted by molar-refractivity contribution is 7.13. The van der Waals surface area contributed by atoms with E-state index in [4.69, 9.17) is 5.11 Å². The first-order chi connectivity index (χ1) is 10.0. The summed E-state index contributed by atoms with van der Waals surface area (Å²) in [7, 11) is 0. The standard InChI is InChI=1S/C12H14N4O3S2/c1-3-4-7-10(21-16-15-7)11(17)13-5-8-14-6(2)9(20-8)12(18)19/h3-5H2,1-2H3,(H,13,17)(H,18,19). The molecule has 2 aromatic rings. The average molecular weight is 326 g/mol. The van der Waals surface area contributed by atoms with E-state index in [1.54, 1.807) is 6.92 Å². The molecule has 0 bridgehead atoms. The van der Waals surface area contributed by atoms with Crippen molar-refractivity contribution >= 4 is 34.7 Å². The monoisotopic (exact) mass is 326 g/mol. The van der Waals surface area contributed by atoms with Crippen molar-refractivity contribution in [1.29, 1.82) is 0 Å². The van der Waals surface area contributed by atoms with Crippen LogP contribution in [0.1, 0.15) is 49.1 Å². The van der Waals surface area contributed by atoms with E-state index in [-0.39, 0.29) is 17.3 Å². The second-order valence-corrected chi connectivity index (χ2v) is 6.15. The normalized spacial score (nSPS) is 10.6. The molecule has 0 unspecified atom stereocenters. The number of carboxylic acids is 1. The SMILES string of the molecule is CCCc1nnsc1C(=O)NCc1nc(C)c(C(=O)O)s1. The van der Waals surface area contributed by atoms with Crippen LogP contribution in [-0.4, -0.2) is 31.6 Å². The van der Waals surface area contributed by atoms with Gasteiger partial charge in [0.15, 0.2) is 0 Å². The quantitative estimate of drug-likeness (QED) is 0.840. The summed E-state index contributed by atoms with van der Waals surface area (Å²) in [5.41, 5.74) is 1.16. The molecule has 112 valence electrons. The third-order valence-corrected chi connectivity index (χ3v) is 4.60. The lowest BCUT2D eigenvalue weighted by atomic mass is 10.2. The molecule has 0 aromatic carbocycles. The van der Waals surface area contributed by atoms with Crippen LogP contribution in [0.25, 0.3) is 0 Å². The summed E-state index contributed by atoms with van der Waals surface area (Å²) in [4.78, 5) is 27.9. The zero-order valence-electron chi connectivity index (χ0n) is 11.5. The minimum atomic E-state index is -1.00. The molecule has 1 amide bonds. The van der Waals surface area contributed by atoms with Crippen molar-refractivity contribution in [2.75, 3.05) is 0 Å². The molecule has 2 N–H and O–H groups in total. The molecule has 0 saturated heterocycles. The fourth-order valence-corrected chi connectivity index (χ4v) is 3.21. The lowest BCUT2D eigenvalue weighted by Gasteiger charge is -2.01. The van der Waals surface area contributed by atoms with E-state index in [1.807, 2.05) is 6.92 Å². The highest BCUT2D eigenvalue weighted by Gasteiger charge is 2.17. The third-order valence-electron chi connectivity index (χ3n) is 2.68. The molecule has 0 fully saturated rings. The number of aryl methyl sites for hydroxylation is 2. The predicted molar refractivity (Wildman–Crippen MR) is 78.9 cm³/mol. The van der Waals surface area contributed by atoms with Crippen LogP contribution < -0.4 is 5.32 Å². The van der Waals surface area contributed by atoms with Gasteiger partial charge >= 0.3 is 5.97 Å². The fraction of sp³-hybridized carbons (Fsp3) is 0.417. The largest absolute Gasteiger partial charge is 0.477 e. The Bertz CT molecular complexity index is 665. The van der Waals surface area contributed by atoms with Gasteiger partial charge in [-0.15, -0.1) is 16.4 Å². The van der Waals surface area contributed by atoms with Crippen LogP contribution >= 0.6 is 22.9 Å². The van der Waals surface area contributed by atoms with Gasteiger partial charge in [0.1, 0.15) is 14.8 Å². The lowest BCUT2D eigenvalue weighted by Crippen LogP contribution is -2.22. The molecule has 0 aliphatic rings. The van der Waals surface area contributed by atoms with Crippen molar-refractivity contribution in [3.63, 3.8) is 0 Å². The van der Waals surface area contributed by atoms with E-state index >= 15 is 0 Å². The second kappa shape index (κ2) is 6.72. The number of carbonyl (C=O) groups excluding carboxylic acids is 1. The third kappa shape index (κ3) is 3.61. The number of hydrogen-bond donors (Lipinski definition) is 2. The molecule has 0 spiro atoms. The van der Waals surface area contributed by atoms with E-state index in [1.165, 1.54) is 0 Å². The molecule has 9 heteroatoms. The predicted octanol–water partition coefficient (Wildman–Crippen LogP) is 1.88. The smallest absolute Gasteiger partial charge is 0.347 e. The van der Waals surface area contributed by atoms with Gasteiger partial charge in [-0.3, -0.25) is 4.79 Å². The minimum Gasteiger partial charge on any atom is -0.477 e. The Labute approximate surface area is 129 Å². The molecule has 0 atom stereocenters. The lowest BCUT2D eigenvalue weighted by molar-refractivity contribution is 0.0701. The first-order valence-corrected chi connectivity index (χ1v) is 7.91. The van der Waals surface area contributed by atoms with Crippen LogP contribution in [0.15, 0.2) is 0 Å². The van der Waals surface area contributed by atoms with Crippen LogP contribution in [0.3, 0.4) is 0 Å². The molecule has 0 aliphatic carbocycles. The maximum Gasteiger partial charge on any atom is 0.347 e. The number of aromatic nitrogens is 3. The Balaban J connectivity index is 2.02. The zero-order valence-corrected chi connectivity index (χ0v) is 13.2. The van der Waals surface area contributed by atoms with Crippen LogP contribution in [0, 0.1) is 6.92 Å². The highest BCUT2D eigenvalue weighted by atomic mass is 32.1. The van der Waals surface area contributed by atoms with Crippen molar-refractivity contribution < 1.29 is 14.7 Å². The Kier molecular flexibility index (Phi) is 4.97. The Morgan fingerprint density at radius 3 is 2.71 bits per heavy atom. The van der Waals surface area contributed by atoms with Gasteiger partial charge in [0.25, 0.3) is 5.91 Å². The Morgan fingerprint density at radius 2 is 2.10 bits per heavy atom. The summed E-state index contributed by atoms with van der Waals surface area (Å²) in [5, 5.41) is 16.2. The number of nitrogens with one attached hydrogen (secondary N) is 1. The average Bonchev–Trinajstić information content (AvgIpc) is 3.03. The highest BCUT2D eigenvalue weighted by Crippen LogP contribution is 2.18. The number of carbonyl (C=O) groups is 2. The Morgan fingerprint density at radius 1 is 1.33 bits per heavy atom. The number of nitrogens with zero attached hydrogens (tertiary/aromatic N) is 3. The van der Waals surface area contributed by atoms with Gasteiger partial charge in [-0.2, -0.15) is 0 Å². The van der Waals surface area contributed by atoms with E-state index < -0.39 is 5.97 Å². The number of rotatable bonds is 6. The summed E-state index contributed by atoms with van der Waals surface area (Å²) in [6.45, 7) is 3.84. The molecular weight excluding hydrogens is 312 g/mol. The molecule has 7 nitrogen and oxygen atoms in total. The second-order valence-electron chi connectivity index (χ2n) is 4.31. The summed E-state index contributed by atoms with van der Waals surface area (Å²) in [5.74, 6) is -1.25. The maximum absolute atomic E-state index is 12.1. The van der Waals surface area contributed by atoms with Gasteiger partial charge in [0.05, 0.1) is 17.9 Å². The Hall–Kier alpha value is -1.87. The molecule has 21 heavy (non-hydrogen) atoms. The molecule has 2 aromatic heterocycles. The molecular formula is C12H14N4O3S2. The molecule has 2 heterocycles. The molecule has 0 saturated carbocycles. The first kappa shape index (κ1) is 15.5. The van der Waals surface area contributed by atoms with E-state index in [9.17, 15) is 9.59 Å². The first-order valence-electron chi connectivity index (χ1n) is 6.32. The minimum absolute atomic E-state index is 0.196. The van der Waals surface area contributed by atoms with Crippen molar-refractivity contribution in [2.45, 2.75) is 33.2 Å². The van der Waals surface area contributed by atoms with Gasteiger partial charge in [-0.1, -0.05) is 17.8 Å². The number of hydrogen-bond acceptors (Lipinski definition) is 7. The number of carboxylic acid groups (broad SMARTS) is 1. The van der Waals surface area contributed by atoms with Gasteiger partial charge in [-0.25, -0.2) is 9.78 Å². The van der Waals surface area contributed by atoms with Crippen LogP contribution in [0.4, 0.5) is 0 Å². The number of amides is 1. The van der Waals surface area contributed by atoms with Gasteiger partial charge in [0.2, 0.25) is 0 Å². The molecule has 0 aliphatic heterocycles. The maximum atomic E-state index is 12.1. The zero-order chi connectivity index (χ0) is 15.4. The summed E-state index contributed by atoms with van der Waals surface area (Å²) >= 11 is 2.13. The number of thiazole rings is 1. The van der Waals surface area contributed by atoms with Gasteiger partial charge in [0, 0.05) is 0 Å². The van der Waals surface area contributed by atoms with Gasteiger partial charge < -0.3 is 10.4 Å². The molecule has 0 radical (unpaired) electrons. The van der Waals surface area contributed by atoms with Gasteiger partial charge in [-0.05, 0) is 24.9 Å². The number of aromatic carboxylic acids is 1. The topological polar surface area (TPSA) is 105 Å². The van der Waals surface area contributed by atoms with Crippen molar-refractivity contribution in [2.24, 2.45) is 0 Å². The fourth-order valence-electron chi connectivity index (χ4n) is 1.74. The van der Waals surface area contributed by atoms with Crippen molar-refractivity contribution in [3.8, 4) is 0 Å². The van der Waals surface area contributed by atoms with Crippen molar-refractivity contribution in [1.82, 2.24) is 19.9 Å². The van der Waals surface area contributed by atoms with Crippen LogP contribution in [0.5, 0.6) is 0 Å². The van der Waals surface area contributed by atoms with Crippen LogP contribution in [0.2, 0.25) is 0 Å². The van der Waals surface area contributed by atoms with Crippen molar-refractivity contribution in [3.05, 3.63) is 26.1 Å². The van der Waals surface area contributed by atoms with Crippen LogP contribution in [-0.2, 0) is 13.0 Å². The van der Waals surface area contributed by atoms with E-state index in [2.05, 4.69) is 19.9 Å². The summed E-state index contributed by atoms with van der Waals surface area (Å²) in [6, 6.07) is 0.